The normalized spacial score (nSPS) is 29.8. The lowest BCUT2D eigenvalue weighted by Crippen LogP contribution is -2.29. The van der Waals surface area contributed by atoms with Gasteiger partial charge in [-0.15, -0.1) is 0 Å². The molecule has 6 aromatic carbocycles. The molecule has 15 nitrogen and oxygen atoms in total. The van der Waals surface area contributed by atoms with E-state index in [-0.39, 0.29) is 123 Å². The molecule has 7 unspecified atom stereocenters. The topological polar surface area (TPSA) is 149 Å². The van der Waals surface area contributed by atoms with E-state index in [2.05, 4.69) is 32.6 Å². The highest BCUT2D eigenvalue weighted by Gasteiger charge is 2.41. The highest BCUT2D eigenvalue weighted by Crippen LogP contribution is 2.50. The summed E-state index contributed by atoms with van der Waals surface area (Å²) in [6, 6.07) is 9.73. The second-order valence-corrected chi connectivity index (χ2v) is 46.4. The zero-order chi connectivity index (χ0) is 104. The van der Waals surface area contributed by atoms with E-state index >= 15 is 0 Å². The predicted octanol–water partition coefficient (Wildman–Crippen LogP) is 33.8. The summed E-state index contributed by atoms with van der Waals surface area (Å²) in [4.78, 5) is 4.61. The molecule has 6 heterocycles. The summed E-state index contributed by atoms with van der Waals surface area (Å²) in [6.07, 6.45) is 45.3. The maximum absolute atomic E-state index is 14.5. The van der Waals surface area contributed by atoms with Crippen LogP contribution in [0, 0.1) is 153 Å². The largest absolute Gasteiger partial charge is 0.490 e. The Labute approximate surface area is 876 Å². The first-order valence-electron chi connectivity index (χ1n) is 56.3. The molecule has 0 bridgehead atoms. The average molecular weight is 2090 g/mol. The van der Waals surface area contributed by atoms with Crippen LogP contribution in [0.5, 0.6) is 63.2 Å². The molecular weight excluding hydrogens is 1910 g/mol. The van der Waals surface area contributed by atoms with E-state index in [1.54, 1.807) is 43.5 Å². The summed E-state index contributed by atoms with van der Waals surface area (Å²) in [7, 11) is 3.55. The van der Waals surface area contributed by atoms with Crippen molar-refractivity contribution in [2.75, 3.05) is 47.3 Å². The molecule has 14 aliphatic rings. The van der Waals surface area contributed by atoms with Crippen molar-refractivity contribution in [1.29, 1.82) is 0 Å². The molecule has 0 amide bonds. The van der Waals surface area contributed by atoms with Gasteiger partial charge in [-0.05, 0) is 398 Å². The fraction of sp³-hybridized carbons (Fsp3) is 0.700. The molecule has 0 aromatic heterocycles. The number of hydrogen-bond acceptors (Lipinski definition) is 15. The van der Waals surface area contributed by atoms with E-state index in [0.29, 0.717) is 147 Å². The molecule has 6 aliphatic heterocycles. The quantitative estimate of drug-likeness (QED) is 0.0390. The Bertz CT molecular complexity index is 5140. The smallest absolute Gasteiger partial charge is 0.204 e. The molecule has 20 rings (SSSR count). The second-order valence-electron chi connectivity index (χ2n) is 46.4. The van der Waals surface area contributed by atoms with Crippen molar-refractivity contribution < 1.29 is 136 Å². The highest BCUT2D eigenvalue weighted by atomic mass is 19.2. The molecule has 0 saturated heterocycles. The first-order valence-corrected chi connectivity index (χ1v) is 56.3. The summed E-state index contributed by atoms with van der Waals surface area (Å²) >= 11 is 0. The van der Waals surface area contributed by atoms with E-state index in [1.165, 1.54) is 103 Å². The van der Waals surface area contributed by atoms with Gasteiger partial charge in [0.15, 0.2) is 69.1 Å². The van der Waals surface area contributed by atoms with Gasteiger partial charge in [0.05, 0.1) is 81.9 Å². The van der Waals surface area contributed by atoms with Gasteiger partial charge in [-0.1, -0.05) is 79.1 Å². The van der Waals surface area contributed by atoms with Crippen molar-refractivity contribution in [1.82, 2.24) is 0 Å². The summed E-state index contributed by atoms with van der Waals surface area (Å²) < 4.78 is 244. The minimum absolute atomic E-state index is 0. The third-order valence-electron chi connectivity index (χ3n) is 35.0. The molecule has 6 aromatic rings. The second kappa shape index (κ2) is 53.6. The van der Waals surface area contributed by atoms with Crippen molar-refractivity contribution in [2.45, 2.75) is 407 Å². The molecule has 8 fully saturated rings. The Kier molecular flexibility index (Phi) is 41.3. The molecule has 834 valence electrons. The minimum Gasteiger partial charge on any atom is -0.490 e. The molecule has 8 aliphatic carbocycles. The Morgan fingerprint density at radius 2 is 0.435 bits per heavy atom. The van der Waals surface area contributed by atoms with Crippen molar-refractivity contribution in [3.8, 4) is 63.2 Å². The van der Waals surface area contributed by atoms with Crippen LogP contribution in [-0.4, -0.2) is 101 Å². The zero-order valence-corrected chi connectivity index (χ0v) is 89.1. The van der Waals surface area contributed by atoms with Crippen LogP contribution in [0.4, 0.5) is 52.7 Å². The van der Waals surface area contributed by atoms with E-state index < -0.39 is 75.9 Å². The van der Waals surface area contributed by atoms with Crippen LogP contribution in [-0.2, 0) is 52.9 Å². The van der Waals surface area contributed by atoms with Crippen LogP contribution in [0.1, 0.15) is 370 Å². The number of fused-ring (bicyclic) bond motifs is 6. The monoisotopic (exact) mass is 2090 g/mol. The Morgan fingerprint density at radius 3 is 0.673 bits per heavy atom. The van der Waals surface area contributed by atoms with Gasteiger partial charge in [0.2, 0.25) is 64.0 Å². The maximum atomic E-state index is 14.5. The molecular formula is C120H180F12O15. The number of hydrogen-bond donors (Lipinski definition) is 1. The van der Waals surface area contributed by atoms with E-state index in [1.807, 2.05) is 48.7 Å². The average Bonchev–Trinajstić information content (AvgIpc) is 0.732. The number of aryl methyl sites for hydroxylation is 6. The standard InChI is InChI=1S/C24H34F2O3.C24H34F2O2.2C18H24F2O3.2C18H24F2O2.8H2/c1-15-3-6-19-13-21(22(25)23(26)24(19)29-15)28-14-16-4-7-17(8-5-16)18-9-11-20(27-2)12-10-18;1-15-3-8-18(9-4-15)19-11-6-17(7-12-19)14-27-21-13-20-10-5-16(2)28-24(20)23(26)22(21)25;1-11-3-6-13-9-15(16(19)17(20)18(13)23-11)22-10-12-4-7-14(21-2)8-5-12;1-10-3-6-12(7-4-10)17(23-21)14-9-13-8-5-11(2)22-18(13)16(20)15(14)19;2*1-11-3-6-13(7-4-11)10-21-15-9-14-8-5-12(2)22-18(14)17(20)16(15)19;;;;;;;;/h13,15-18,20H,3-12,14H2,1-2H3;13,15-19H,3-12,14H2,1-2H3;9,11-12,14H,3-8,10H2,1-2H3;9-12,17,21H,3-8H2,1-2H3;2*9,11-13H,3-8,10H2,1-2H3;8*1H. The van der Waals surface area contributed by atoms with Gasteiger partial charge >= 0.3 is 0 Å². The van der Waals surface area contributed by atoms with Gasteiger partial charge in [-0.3, -0.25) is 5.26 Å². The fourth-order valence-electron chi connectivity index (χ4n) is 24.9. The molecule has 8 saturated carbocycles. The molecule has 0 spiro atoms. The molecule has 27 heteroatoms. The van der Waals surface area contributed by atoms with Gasteiger partial charge in [0, 0.05) is 59.0 Å². The van der Waals surface area contributed by atoms with E-state index in [4.69, 9.17) is 61.6 Å². The van der Waals surface area contributed by atoms with Crippen LogP contribution in [0.15, 0.2) is 36.4 Å². The Hall–Kier alpha value is -7.88. The summed E-state index contributed by atoms with van der Waals surface area (Å²) in [5.74, 6) is -1.91. The first-order chi connectivity index (χ1) is 70.7. The first kappa shape index (κ1) is 113. The SMILES string of the molecule is CC1CCC(C(OO)c2cc3c(c(F)c2F)OC(C)CC3)CC1.CC1CCC(C2CCC(COc3cc4c(c(F)c3F)OC(C)CC4)CC2)CC1.CC1CCC(COc2cc3c(c(F)c2F)OC(C)CC3)CC1.CC1CCC(COc2cc3c(c(F)c2F)OC(C)CC3)CC1.COC1CCC(C2CCC(COc3cc4c(c(F)c3F)OC(C)CC4)CC2)CC1.COC1CCC(COc2cc3c(c(F)c2F)OC(C)CC3)CC1.[HH].[HH].[HH].[HH].[HH].[HH].[HH].[HH]. The van der Waals surface area contributed by atoms with Gasteiger partial charge in [0.25, 0.3) is 0 Å². The highest BCUT2D eigenvalue weighted by molar-refractivity contribution is 5.49. The van der Waals surface area contributed by atoms with Gasteiger partial charge in [-0.2, -0.15) is 48.3 Å². The molecule has 0 radical (unpaired) electrons. The van der Waals surface area contributed by atoms with Crippen molar-refractivity contribution >= 4 is 0 Å². The molecule has 7 atom stereocenters. The van der Waals surface area contributed by atoms with Crippen LogP contribution in [0.25, 0.3) is 0 Å². The summed E-state index contributed by atoms with van der Waals surface area (Å²) in [5, 5.41) is 9.34. The lowest BCUT2D eigenvalue weighted by Gasteiger charge is -2.37. The van der Waals surface area contributed by atoms with E-state index in [0.717, 1.165) is 188 Å². The van der Waals surface area contributed by atoms with Crippen LogP contribution >= 0.6 is 0 Å². The Morgan fingerprint density at radius 1 is 0.245 bits per heavy atom. The zero-order valence-electron chi connectivity index (χ0n) is 89.1. The van der Waals surface area contributed by atoms with Gasteiger partial charge < -0.3 is 61.6 Å². The summed E-state index contributed by atoms with van der Waals surface area (Å²) in [5.41, 5.74) is 4.33. The van der Waals surface area contributed by atoms with Crippen molar-refractivity contribution in [3.05, 3.63) is 145 Å². The van der Waals surface area contributed by atoms with Gasteiger partial charge in [0.1, 0.15) is 6.10 Å². The number of methoxy groups -OCH3 is 2. The van der Waals surface area contributed by atoms with Crippen LogP contribution in [0.2, 0.25) is 0 Å². The fourth-order valence-corrected chi connectivity index (χ4v) is 24.9. The van der Waals surface area contributed by atoms with Gasteiger partial charge in [-0.25, -0.2) is 9.28 Å². The lowest BCUT2D eigenvalue weighted by atomic mass is 9.69. The van der Waals surface area contributed by atoms with Crippen LogP contribution < -0.4 is 52.1 Å². The maximum Gasteiger partial charge on any atom is 0.204 e. The summed E-state index contributed by atoms with van der Waals surface area (Å²) in [6.45, 7) is 22.6. The lowest BCUT2D eigenvalue weighted by molar-refractivity contribution is -0.296. The molecule has 1 N–H and O–H groups in total. The number of halogens is 12. The number of benzene rings is 6. The molecule has 147 heavy (non-hydrogen) atoms. The number of ether oxygens (including phenoxy) is 13. The van der Waals surface area contributed by atoms with E-state index in [9.17, 15) is 57.9 Å². The third kappa shape index (κ3) is 29.8. The third-order valence-corrected chi connectivity index (χ3v) is 35.0. The Balaban J connectivity index is 0.000000249. The predicted molar refractivity (Wildman–Crippen MR) is 560 cm³/mol. The number of rotatable bonds is 22. The van der Waals surface area contributed by atoms with Crippen molar-refractivity contribution in [3.63, 3.8) is 0 Å². The minimum atomic E-state index is -0.963. The van der Waals surface area contributed by atoms with Crippen molar-refractivity contribution in [2.24, 2.45) is 82.9 Å². The van der Waals surface area contributed by atoms with Crippen LogP contribution in [0.3, 0.4) is 0 Å².